The van der Waals surface area contributed by atoms with E-state index < -0.39 is 0 Å². The molecule has 8 rings (SSSR count). The fourth-order valence-electron chi connectivity index (χ4n) is 6.00. The smallest absolute Gasteiger partial charge is 0.137 e. The second-order valence-corrected chi connectivity index (χ2v) is 10.6. The lowest BCUT2D eigenvalue weighted by Gasteiger charge is -2.26. The Morgan fingerprint density at radius 1 is 0.357 bits per heavy atom. The van der Waals surface area contributed by atoms with E-state index in [0.29, 0.717) is 0 Å². The standard InChI is InChI=1S/C40H27NO/c1-2-9-28(10-3-1)29-17-21-32(22-18-29)41(34-25-26-38-37-14-6-7-16-39(37)42-40(38)27-34)33-23-19-31(20-24-33)36-15-8-12-30-11-4-5-13-35(30)36/h1-27H. The Hall–Kier alpha value is -5.60. The maximum Gasteiger partial charge on any atom is 0.137 e. The zero-order chi connectivity index (χ0) is 27.9. The molecule has 0 bridgehead atoms. The molecule has 0 saturated heterocycles. The van der Waals surface area contributed by atoms with Crippen LogP contribution in [0.1, 0.15) is 0 Å². The van der Waals surface area contributed by atoms with E-state index in [0.717, 1.165) is 39.0 Å². The molecule has 0 aliphatic rings. The van der Waals surface area contributed by atoms with E-state index in [9.17, 15) is 0 Å². The minimum absolute atomic E-state index is 0.881. The van der Waals surface area contributed by atoms with E-state index in [1.165, 1.54) is 33.0 Å². The number of benzene rings is 7. The minimum Gasteiger partial charge on any atom is -0.456 e. The average Bonchev–Trinajstić information content (AvgIpc) is 3.44. The van der Waals surface area contributed by atoms with Crippen LogP contribution in [0.2, 0.25) is 0 Å². The molecule has 2 heteroatoms. The third-order valence-electron chi connectivity index (χ3n) is 8.08. The molecule has 0 atom stereocenters. The van der Waals surface area contributed by atoms with Crippen molar-refractivity contribution in [2.45, 2.75) is 0 Å². The quantitative estimate of drug-likeness (QED) is 0.217. The first-order chi connectivity index (χ1) is 20.8. The number of para-hydroxylation sites is 1. The Kier molecular flexibility index (Phi) is 5.82. The molecule has 0 spiro atoms. The number of rotatable bonds is 5. The van der Waals surface area contributed by atoms with Crippen molar-refractivity contribution < 1.29 is 4.42 Å². The van der Waals surface area contributed by atoms with Gasteiger partial charge in [-0.1, -0.05) is 115 Å². The van der Waals surface area contributed by atoms with Crippen molar-refractivity contribution in [3.8, 4) is 22.3 Å². The van der Waals surface area contributed by atoms with Crippen LogP contribution in [-0.4, -0.2) is 0 Å². The molecule has 0 aliphatic carbocycles. The summed E-state index contributed by atoms with van der Waals surface area (Å²) < 4.78 is 6.28. The summed E-state index contributed by atoms with van der Waals surface area (Å²) in [5.41, 5.74) is 9.84. The van der Waals surface area contributed by atoms with Gasteiger partial charge in [0.2, 0.25) is 0 Å². The lowest BCUT2D eigenvalue weighted by molar-refractivity contribution is 0.669. The van der Waals surface area contributed by atoms with Crippen molar-refractivity contribution in [1.29, 1.82) is 0 Å². The lowest BCUT2D eigenvalue weighted by Crippen LogP contribution is -2.09. The molecule has 42 heavy (non-hydrogen) atoms. The van der Waals surface area contributed by atoms with Crippen LogP contribution in [0.25, 0.3) is 55.0 Å². The molecule has 0 radical (unpaired) electrons. The summed E-state index contributed by atoms with van der Waals surface area (Å²) in [5.74, 6) is 0. The van der Waals surface area contributed by atoms with Crippen molar-refractivity contribution in [2.24, 2.45) is 0 Å². The van der Waals surface area contributed by atoms with Gasteiger partial charge < -0.3 is 9.32 Å². The first-order valence-corrected chi connectivity index (χ1v) is 14.3. The summed E-state index contributed by atoms with van der Waals surface area (Å²) >= 11 is 0. The SMILES string of the molecule is c1ccc(-c2ccc(N(c3ccc(-c4cccc5ccccc45)cc3)c3ccc4c(c3)oc3ccccc34)cc2)cc1. The monoisotopic (exact) mass is 537 g/mol. The van der Waals surface area contributed by atoms with E-state index in [4.69, 9.17) is 4.42 Å². The van der Waals surface area contributed by atoms with Crippen molar-refractivity contribution in [1.82, 2.24) is 0 Å². The van der Waals surface area contributed by atoms with Crippen molar-refractivity contribution in [3.05, 3.63) is 164 Å². The number of fused-ring (bicyclic) bond motifs is 4. The normalized spacial score (nSPS) is 11.3. The maximum absolute atomic E-state index is 6.28. The third kappa shape index (κ3) is 4.22. The van der Waals surface area contributed by atoms with Crippen molar-refractivity contribution >= 4 is 49.8 Å². The number of furan rings is 1. The molecule has 0 unspecified atom stereocenters. The molecular weight excluding hydrogens is 510 g/mol. The molecule has 0 aliphatic heterocycles. The highest BCUT2D eigenvalue weighted by molar-refractivity contribution is 6.06. The Morgan fingerprint density at radius 2 is 0.929 bits per heavy atom. The Labute approximate surface area is 244 Å². The highest BCUT2D eigenvalue weighted by Gasteiger charge is 2.16. The predicted octanol–water partition coefficient (Wildman–Crippen LogP) is 11.5. The van der Waals surface area contributed by atoms with Crippen LogP contribution in [-0.2, 0) is 0 Å². The van der Waals surface area contributed by atoms with Crippen molar-refractivity contribution in [3.63, 3.8) is 0 Å². The third-order valence-corrected chi connectivity index (χ3v) is 8.08. The fraction of sp³-hybridized carbons (Fsp3) is 0. The largest absolute Gasteiger partial charge is 0.456 e. The molecule has 1 aromatic heterocycles. The molecule has 1 heterocycles. The summed E-state index contributed by atoms with van der Waals surface area (Å²) in [7, 11) is 0. The molecule has 2 nitrogen and oxygen atoms in total. The van der Waals surface area contributed by atoms with Crippen LogP contribution in [0.5, 0.6) is 0 Å². The van der Waals surface area contributed by atoms with E-state index >= 15 is 0 Å². The van der Waals surface area contributed by atoms with Gasteiger partial charge in [0.1, 0.15) is 11.2 Å². The highest BCUT2D eigenvalue weighted by atomic mass is 16.3. The van der Waals surface area contributed by atoms with Gasteiger partial charge in [0.05, 0.1) is 0 Å². The molecule has 0 fully saturated rings. The van der Waals surface area contributed by atoms with Crippen LogP contribution in [0.3, 0.4) is 0 Å². The Balaban J connectivity index is 1.24. The van der Waals surface area contributed by atoms with Crippen LogP contribution in [0.4, 0.5) is 17.1 Å². The number of anilines is 3. The van der Waals surface area contributed by atoms with Gasteiger partial charge >= 0.3 is 0 Å². The van der Waals surface area contributed by atoms with Crippen LogP contribution < -0.4 is 4.90 Å². The summed E-state index contributed by atoms with van der Waals surface area (Å²) in [6, 6.07) is 58.0. The summed E-state index contributed by atoms with van der Waals surface area (Å²) in [6.07, 6.45) is 0. The molecule has 198 valence electrons. The van der Waals surface area contributed by atoms with Crippen LogP contribution >= 0.6 is 0 Å². The van der Waals surface area contributed by atoms with Gasteiger partial charge in [0.15, 0.2) is 0 Å². The molecule has 0 N–H and O–H groups in total. The van der Waals surface area contributed by atoms with E-state index in [-0.39, 0.29) is 0 Å². The second kappa shape index (κ2) is 10.1. The van der Waals surface area contributed by atoms with E-state index in [1.807, 2.05) is 12.1 Å². The number of hydrogen-bond acceptors (Lipinski definition) is 2. The van der Waals surface area contributed by atoms with Gasteiger partial charge in [-0.25, -0.2) is 0 Å². The molecular formula is C40H27NO. The second-order valence-electron chi connectivity index (χ2n) is 10.6. The highest BCUT2D eigenvalue weighted by Crippen LogP contribution is 2.40. The first-order valence-electron chi connectivity index (χ1n) is 14.3. The molecule has 0 saturated carbocycles. The van der Waals surface area contributed by atoms with Gasteiger partial charge in [-0.05, 0) is 75.5 Å². The van der Waals surface area contributed by atoms with Gasteiger partial charge in [0.25, 0.3) is 0 Å². The molecule has 8 aromatic rings. The zero-order valence-electron chi connectivity index (χ0n) is 22.9. The van der Waals surface area contributed by atoms with Gasteiger partial charge in [0, 0.05) is 33.9 Å². The summed E-state index contributed by atoms with van der Waals surface area (Å²) in [5, 5.41) is 4.77. The Bertz CT molecular complexity index is 2170. The maximum atomic E-state index is 6.28. The number of nitrogens with zero attached hydrogens (tertiary/aromatic N) is 1. The van der Waals surface area contributed by atoms with E-state index in [2.05, 4.69) is 157 Å². The van der Waals surface area contributed by atoms with Crippen LogP contribution in [0.15, 0.2) is 168 Å². The minimum atomic E-state index is 0.881. The van der Waals surface area contributed by atoms with Gasteiger partial charge in [-0.2, -0.15) is 0 Å². The molecule has 0 amide bonds. The lowest BCUT2D eigenvalue weighted by atomic mass is 9.98. The first kappa shape index (κ1) is 24.2. The fourth-order valence-corrected chi connectivity index (χ4v) is 6.00. The van der Waals surface area contributed by atoms with Gasteiger partial charge in [-0.3, -0.25) is 0 Å². The molecule has 7 aromatic carbocycles. The Morgan fingerprint density at radius 3 is 1.71 bits per heavy atom. The summed E-state index contributed by atoms with van der Waals surface area (Å²) in [4.78, 5) is 2.30. The topological polar surface area (TPSA) is 16.4 Å². The zero-order valence-corrected chi connectivity index (χ0v) is 22.9. The predicted molar refractivity (Wildman–Crippen MR) is 177 cm³/mol. The van der Waals surface area contributed by atoms with Crippen LogP contribution in [0, 0.1) is 0 Å². The average molecular weight is 538 g/mol. The van der Waals surface area contributed by atoms with E-state index in [1.54, 1.807) is 0 Å². The van der Waals surface area contributed by atoms with Crippen molar-refractivity contribution in [2.75, 3.05) is 4.90 Å². The number of hydrogen-bond donors (Lipinski definition) is 0. The summed E-state index contributed by atoms with van der Waals surface area (Å²) in [6.45, 7) is 0. The van der Waals surface area contributed by atoms with Gasteiger partial charge in [-0.15, -0.1) is 0 Å².